The van der Waals surface area contributed by atoms with Crippen LogP contribution in [0.3, 0.4) is 0 Å². The highest BCUT2D eigenvalue weighted by atomic mass is 33.1. The predicted octanol–water partition coefficient (Wildman–Crippen LogP) is 2.33. The molecule has 0 aromatic heterocycles. The minimum absolute atomic E-state index is 0.669. The molecule has 0 unspecified atom stereocenters. The fourth-order valence-corrected chi connectivity index (χ4v) is 2.79. The van der Waals surface area contributed by atoms with E-state index in [1.165, 1.54) is 0 Å². The molecule has 0 aromatic rings. The third kappa shape index (κ3) is 10.0. The number of hydrogen-bond acceptors (Lipinski definition) is 4. The summed E-state index contributed by atoms with van der Waals surface area (Å²) in [6.45, 7) is 0. The lowest BCUT2D eigenvalue weighted by molar-refractivity contribution is -0.108. The Hall–Kier alpha value is 0.0400. The van der Waals surface area contributed by atoms with E-state index >= 15 is 0 Å². The maximum Gasteiger partial charge on any atom is 0.120 e. The third-order valence-corrected chi connectivity index (χ3v) is 3.76. The van der Waals surface area contributed by atoms with Crippen LogP contribution in [0.1, 0.15) is 25.7 Å². The fraction of sp³-hybridized carbons (Fsp3) is 0.750. The summed E-state index contributed by atoms with van der Waals surface area (Å²) in [7, 11) is 3.57. The molecule has 0 aromatic carbocycles. The Bertz CT molecular complexity index is 104. The molecule has 0 aliphatic heterocycles. The Balaban J connectivity index is 2.81. The van der Waals surface area contributed by atoms with Crippen molar-refractivity contribution in [1.29, 1.82) is 0 Å². The van der Waals surface area contributed by atoms with E-state index in [1.807, 2.05) is 0 Å². The van der Waals surface area contributed by atoms with Crippen LogP contribution in [-0.4, -0.2) is 24.1 Å². The monoisotopic (exact) mass is 206 g/mol. The van der Waals surface area contributed by atoms with E-state index in [0.717, 1.165) is 36.9 Å². The molecule has 0 N–H and O–H groups in total. The summed E-state index contributed by atoms with van der Waals surface area (Å²) in [5.74, 6) is 2.06. The molecule has 0 fully saturated rings. The maximum atomic E-state index is 9.92. The molecular formula is C8H14O2S2. The van der Waals surface area contributed by atoms with Gasteiger partial charge in [-0.05, 0) is 12.8 Å². The van der Waals surface area contributed by atoms with Gasteiger partial charge in [0.1, 0.15) is 12.6 Å². The molecule has 4 heteroatoms. The molecule has 0 aliphatic carbocycles. The van der Waals surface area contributed by atoms with Crippen molar-refractivity contribution in [3.05, 3.63) is 0 Å². The van der Waals surface area contributed by atoms with Crippen molar-refractivity contribution < 1.29 is 9.59 Å². The van der Waals surface area contributed by atoms with E-state index in [2.05, 4.69) is 0 Å². The standard InChI is InChI=1S/C8H14O2S2/c9-5-1-3-7-11-12-8-4-2-6-10/h5-6H,1-4,7-8H2. The lowest BCUT2D eigenvalue weighted by Gasteiger charge is -1.96. The molecule has 0 saturated carbocycles. The van der Waals surface area contributed by atoms with E-state index in [4.69, 9.17) is 0 Å². The van der Waals surface area contributed by atoms with Crippen molar-refractivity contribution in [2.45, 2.75) is 25.7 Å². The van der Waals surface area contributed by atoms with Gasteiger partial charge in [0.05, 0.1) is 0 Å². The van der Waals surface area contributed by atoms with Crippen molar-refractivity contribution >= 4 is 34.2 Å². The van der Waals surface area contributed by atoms with Crippen LogP contribution in [0, 0.1) is 0 Å². The van der Waals surface area contributed by atoms with Gasteiger partial charge < -0.3 is 9.59 Å². The lowest BCUT2D eigenvalue weighted by Crippen LogP contribution is -1.81. The van der Waals surface area contributed by atoms with Gasteiger partial charge in [-0.1, -0.05) is 21.6 Å². The minimum Gasteiger partial charge on any atom is -0.303 e. The number of hydrogen-bond donors (Lipinski definition) is 0. The molecule has 0 saturated heterocycles. The van der Waals surface area contributed by atoms with Crippen LogP contribution in [0.2, 0.25) is 0 Å². The number of aldehydes is 2. The Morgan fingerprint density at radius 1 is 0.833 bits per heavy atom. The van der Waals surface area contributed by atoms with Crippen LogP contribution in [-0.2, 0) is 9.59 Å². The summed E-state index contributed by atoms with van der Waals surface area (Å²) in [5.41, 5.74) is 0. The number of rotatable bonds is 9. The molecule has 0 atom stereocenters. The van der Waals surface area contributed by atoms with Gasteiger partial charge in [-0.2, -0.15) is 0 Å². The molecule has 70 valence electrons. The van der Waals surface area contributed by atoms with E-state index in [0.29, 0.717) is 12.8 Å². The molecule has 2 nitrogen and oxygen atoms in total. The molecule has 0 amide bonds. The number of unbranched alkanes of at least 4 members (excludes halogenated alkanes) is 2. The largest absolute Gasteiger partial charge is 0.303 e. The van der Waals surface area contributed by atoms with E-state index in [1.54, 1.807) is 21.6 Å². The Labute approximate surface area is 81.3 Å². The van der Waals surface area contributed by atoms with Crippen molar-refractivity contribution in [2.24, 2.45) is 0 Å². The first kappa shape index (κ1) is 12.0. The normalized spacial score (nSPS) is 9.67. The van der Waals surface area contributed by atoms with Crippen molar-refractivity contribution in [3.63, 3.8) is 0 Å². The van der Waals surface area contributed by atoms with Gasteiger partial charge in [0.2, 0.25) is 0 Å². The summed E-state index contributed by atoms with van der Waals surface area (Å²) >= 11 is 0. The Morgan fingerprint density at radius 3 is 1.58 bits per heavy atom. The van der Waals surface area contributed by atoms with Crippen LogP contribution in [0.15, 0.2) is 0 Å². The fourth-order valence-electron chi connectivity index (χ4n) is 0.569. The highest BCUT2D eigenvalue weighted by Crippen LogP contribution is 2.23. The molecule has 0 spiro atoms. The lowest BCUT2D eigenvalue weighted by atomic mass is 10.4. The second kappa shape index (κ2) is 11.0. The second-order valence-electron chi connectivity index (χ2n) is 2.26. The van der Waals surface area contributed by atoms with E-state index in [-0.39, 0.29) is 0 Å². The SMILES string of the molecule is O=CCCCSSCCCC=O. The first-order chi connectivity index (χ1) is 5.91. The maximum absolute atomic E-state index is 9.92. The quantitative estimate of drug-likeness (QED) is 0.329. The summed E-state index contributed by atoms with van der Waals surface area (Å²) in [5, 5.41) is 0. The van der Waals surface area contributed by atoms with Crippen LogP contribution >= 0.6 is 21.6 Å². The topological polar surface area (TPSA) is 34.1 Å². The van der Waals surface area contributed by atoms with Crippen molar-refractivity contribution in [2.75, 3.05) is 11.5 Å². The average Bonchev–Trinajstić information content (AvgIpc) is 2.10. The van der Waals surface area contributed by atoms with Crippen molar-refractivity contribution in [1.82, 2.24) is 0 Å². The molecule has 0 rings (SSSR count). The Kier molecular flexibility index (Phi) is 11.1. The molecule has 0 radical (unpaired) electrons. The van der Waals surface area contributed by atoms with Gasteiger partial charge in [-0.3, -0.25) is 0 Å². The van der Waals surface area contributed by atoms with Gasteiger partial charge in [0, 0.05) is 24.3 Å². The van der Waals surface area contributed by atoms with Gasteiger partial charge in [-0.15, -0.1) is 0 Å². The smallest absolute Gasteiger partial charge is 0.120 e. The minimum atomic E-state index is 0.669. The van der Waals surface area contributed by atoms with Crippen LogP contribution < -0.4 is 0 Å². The van der Waals surface area contributed by atoms with Crippen molar-refractivity contribution in [3.8, 4) is 0 Å². The molecular weight excluding hydrogens is 192 g/mol. The number of carbonyl (C=O) groups excluding carboxylic acids is 2. The Morgan fingerprint density at radius 2 is 1.25 bits per heavy atom. The van der Waals surface area contributed by atoms with Gasteiger partial charge in [0.15, 0.2) is 0 Å². The second-order valence-corrected chi connectivity index (χ2v) is 4.96. The third-order valence-electron chi connectivity index (χ3n) is 1.18. The van der Waals surface area contributed by atoms with Crippen LogP contribution in [0.4, 0.5) is 0 Å². The molecule has 0 bridgehead atoms. The molecule has 0 aliphatic rings. The summed E-state index contributed by atoms with van der Waals surface area (Å²) in [6.07, 6.45) is 5.18. The zero-order valence-electron chi connectivity index (χ0n) is 7.03. The first-order valence-electron chi connectivity index (χ1n) is 4.03. The number of carbonyl (C=O) groups is 2. The van der Waals surface area contributed by atoms with Gasteiger partial charge >= 0.3 is 0 Å². The average molecular weight is 206 g/mol. The van der Waals surface area contributed by atoms with E-state index < -0.39 is 0 Å². The zero-order chi connectivity index (χ0) is 9.07. The zero-order valence-corrected chi connectivity index (χ0v) is 8.66. The first-order valence-corrected chi connectivity index (χ1v) is 6.52. The molecule has 0 heterocycles. The summed E-state index contributed by atoms with van der Waals surface area (Å²) in [4.78, 5) is 19.8. The van der Waals surface area contributed by atoms with Crippen LogP contribution in [0.25, 0.3) is 0 Å². The van der Waals surface area contributed by atoms with Gasteiger partial charge in [-0.25, -0.2) is 0 Å². The molecule has 12 heavy (non-hydrogen) atoms. The van der Waals surface area contributed by atoms with Gasteiger partial charge in [0.25, 0.3) is 0 Å². The summed E-state index contributed by atoms with van der Waals surface area (Å²) in [6, 6.07) is 0. The van der Waals surface area contributed by atoms with E-state index in [9.17, 15) is 9.59 Å². The highest BCUT2D eigenvalue weighted by Gasteiger charge is 1.90. The summed E-state index contributed by atoms with van der Waals surface area (Å²) < 4.78 is 0. The van der Waals surface area contributed by atoms with Crippen LogP contribution in [0.5, 0.6) is 0 Å². The highest BCUT2D eigenvalue weighted by molar-refractivity contribution is 8.76. The predicted molar refractivity (Wildman–Crippen MR) is 55.5 cm³/mol.